The highest BCUT2D eigenvalue weighted by Crippen LogP contribution is 2.28. The summed E-state index contributed by atoms with van der Waals surface area (Å²) >= 11 is 0. The summed E-state index contributed by atoms with van der Waals surface area (Å²) < 4.78 is 17.6. The van der Waals surface area contributed by atoms with Crippen LogP contribution in [0.1, 0.15) is 37.0 Å². The van der Waals surface area contributed by atoms with E-state index in [4.69, 9.17) is 19.0 Å². The molecule has 0 aliphatic carbocycles. The summed E-state index contributed by atoms with van der Waals surface area (Å²) in [6.45, 7) is 9.53. The Bertz CT molecular complexity index is 835. The Labute approximate surface area is 180 Å². The average Bonchev–Trinajstić information content (AvgIpc) is 2.72. The Morgan fingerprint density at radius 2 is 1.70 bits per heavy atom. The maximum atomic E-state index is 5.98. The molecule has 0 N–H and O–H groups in total. The summed E-state index contributed by atoms with van der Waals surface area (Å²) in [4.78, 5) is 4.80. The first kappa shape index (κ1) is 23.3. The molecule has 0 radical (unpaired) electrons. The van der Waals surface area contributed by atoms with E-state index in [9.17, 15) is 0 Å². The Balaban J connectivity index is 1.83. The second kappa shape index (κ2) is 12.6. The van der Waals surface area contributed by atoms with Gasteiger partial charge in [0.2, 0.25) is 0 Å². The van der Waals surface area contributed by atoms with Gasteiger partial charge in [0, 0.05) is 0 Å². The maximum Gasteiger partial charge on any atom is 0.125 e. The van der Waals surface area contributed by atoms with E-state index in [1.54, 1.807) is 7.11 Å². The van der Waals surface area contributed by atoms with Gasteiger partial charge in [-0.05, 0) is 81.5 Å². The second-order valence-electron chi connectivity index (χ2n) is 7.12. The predicted molar refractivity (Wildman–Crippen MR) is 122 cm³/mol. The highest BCUT2D eigenvalue weighted by atomic mass is 16.6. The summed E-state index contributed by atoms with van der Waals surface area (Å²) in [6, 6.07) is 12.1. The Kier molecular flexibility index (Phi) is 9.78. The van der Waals surface area contributed by atoms with E-state index in [0.717, 1.165) is 46.9 Å². The van der Waals surface area contributed by atoms with Crippen molar-refractivity contribution in [3.8, 4) is 17.2 Å². The van der Waals surface area contributed by atoms with E-state index >= 15 is 0 Å². The summed E-state index contributed by atoms with van der Waals surface area (Å²) in [5.74, 6) is 2.59. The molecule has 0 heterocycles. The maximum absolute atomic E-state index is 5.98. The number of allylic oxidation sites excluding steroid dienone is 1. The quantitative estimate of drug-likeness (QED) is 0.195. The van der Waals surface area contributed by atoms with Gasteiger partial charge in [-0.25, -0.2) is 0 Å². The molecule has 162 valence electrons. The van der Waals surface area contributed by atoms with E-state index in [1.165, 1.54) is 5.56 Å². The topological polar surface area (TPSA) is 49.3 Å². The molecular weight excluding hydrogens is 378 g/mol. The molecule has 0 aliphatic rings. The number of nitrogens with zero attached hydrogens (tertiary/aromatic N) is 1. The zero-order chi connectivity index (χ0) is 21.8. The molecule has 0 unspecified atom stereocenters. The van der Waals surface area contributed by atoms with Crippen molar-refractivity contribution in [1.29, 1.82) is 0 Å². The normalized spacial score (nSPS) is 11.6. The third-order valence-corrected chi connectivity index (χ3v) is 4.54. The number of benzene rings is 2. The molecule has 5 heteroatoms. The van der Waals surface area contributed by atoms with E-state index in [-0.39, 0.29) is 0 Å². The highest BCUT2D eigenvalue weighted by molar-refractivity contribution is 5.81. The fourth-order valence-corrected chi connectivity index (χ4v) is 3.08. The van der Waals surface area contributed by atoms with Crippen molar-refractivity contribution in [1.82, 2.24) is 0 Å². The molecule has 0 saturated carbocycles. The van der Waals surface area contributed by atoms with Crippen molar-refractivity contribution in [2.75, 3.05) is 26.9 Å². The summed E-state index contributed by atoms with van der Waals surface area (Å²) in [5.41, 5.74) is 4.29. The molecule has 0 spiro atoms. The van der Waals surface area contributed by atoms with Crippen molar-refractivity contribution in [3.63, 3.8) is 0 Å². The van der Waals surface area contributed by atoms with Crippen LogP contribution in [0.2, 0.25) is 0 Å². The van der Waals surface area contributed by atoms with Crippen molar-refractivity contribution in [2.45, 2.75) is 40.5 Å². The second-order valence-corrected chi connectivity index (χ2v) is 7.12. The van der Waals surface area contributed by atoms with Gasteiger partial charge in [-0.2, -0.15) is 0 Å². The molecule has 0 atom stereocenters. The lowest BCUT2D eigenvalue weighted by Gasteiger charge is -2.15. The zero-order valence-electron chi connectivity index (χ0n) is 18.7. The van der Waals surface area contributed by atoms with Gasteiger partial charge >= 0.3 is 0 Å². The van der Waals surface area contributed by atoms with Crippen molar-refractivity contribution in [3.05, 3.63) is 65.2 Å². The first-order valence-electron chi connectivity index (χ1n) is 10.3. The van der Waals surface area contributed by atoms with Gasteiger partial charge in [0.25, 0.3) is 0 Å². The number of rotatable bonds is 12. The van der Waals surface area contributed by atoms with Crippen LogP contribution in [0.4, 0.5) is 0 Å². The smallest absolute Gasteiger partial charge is 0.125 e. The molecule has 0 fully saturated rings. The number of hydrogen-bond acceptors (Lipinski definition) is 5. The number of hydrogen-bond donors (Lipinski definition) is 0. The zero-order valence-corrected chi connectivity index (χ0v) is 18.7. The lowest BCUT2D eigenvalue weighted by Crippen LogP contribution is -2.10. The van der Waals surface area contributed by atoms with Gasteiger partial charge < -0.3 is 19.0 Å². The molecule has 0 aliphatic heterocycles. The van der Waals surface area contributed by atoms with Crippen LogP contribution in [-0.4, -0.2) is 32.6 Å². The van der Waals surface area contributed by atoms with Gasteiger partial charge in [0.15, 0.2) is 0 Å². The molecule has 0 bridgehead atoms. The first-order valence-corrected chi connectivity index (χ1v) is 10.3. The van der Waals surface area contributed by atoms with Gasteiger partial charge in [-0.15, -0.1) is 0 Å². The standard InChI is InChI=1S/C25H33NO4/c1-6-7-13-28-24-16-19(2)25(20(3)17-24)30-15-14-29-23-10-8-9-22(18-23)12-11-21(4)26-27-5/h6-10,16-18H,11-15H2,1-5H3/b7-6+,26-21?. The van der Waals surface area contributed by atoms with Gasteiger partial charge in [-0.3, -0.25) is 0 Å². The summed E-state index contributed by atoms with van der Waals surface area (Å²) in [5, 5.41) is 3.95. The van der Waals surface area contributed by atoms with E-state index in [0.29, 0.717) is 19.8 Å². The van der Waals surface area contributed by atoms with E-state index in [2.05, 4.69) is 17.3 Å². The number of ether oxygens (including phenoxy) is 3. The van der Waals surface area contributed by atoms with Crippen LogP contribution in [0, 0.1) is 13.8 Å². The molecule has 0 amide bonds. The molecule has 2 rings (SSSR count). The SMILES string of the molecule is C/C=C/COc1cc(C)c(OCCOc2cccc(CCC(C)=NOC)c2)c(C)c1. The minimum Gasteiger partial charge on any atom is -0.490 e. The molecule has 30 heavy (non-hydrogen) atoms. The number of oxime groups is 1. The third kappa shape index (κ3) is 7.82. The van der Waals surface area contributed by atoms with Crippen LogP contribution < -0.4 is 14.2 Å². The highest BCUT2D eigenvalue weighted by Gasteiger charge is 2.08. The molecule has 5 nitrogen and oxygen atoms in total. The minimum atomic E-state index is 0.476. The van der Waals surface area contributed by atoms with Crippen LogP contribution >= 0.6 is 0 Å². The van der Waals surface area contributed by atoms with Crippen LogP contribution in [-0.2, 0) is 11.3 Å². The average molecular weight is 412 g/mol. The Morgan fingerprint density at radius 3 is 2.40 bits per heavy atom. The lowest BCUT2D eigenvalue weighted by molar-refractivity contribution is 0.212. The fourth-order valence-electron chi connectivity index (χ4n) is 3.08. The van der Waals surface area contributed by atoms with Gasteiger partial charge in [0.1, 0.15) is 44.2 Å². The largest absolute Gasteiger partial charge is 0.490 e. The summed E-state index contributed by atoms with van der Waals surface area (Å²) in [7, 11) is 1.57. The first-order chi connectivity index (χ1) is 14.5. The monoisotopic (exact) mass is 411 g/mol. The van der Waals surface area contributed by atoms with Gasteiger partial charge in [-0.1, -0.05) is 29.4 Å². The minimum absolute atomic E-state index is 0.476. The van der Waals surface area contributed by atoms with Crippen molar-refractivity contribution >= 4 is 5.71 Å². The Morgan fingerprint density at radius 1 is 0.967 bits per heavy atom. The molecule has 2 aromatic rings. The molecule has 0 aromatic heterocycles. The van der Waals surface area contributed by atoms with E-state index in [1.807, 2.05) is 64.1 Å². The van der Waals surface area contributed by atoms with Crippen LogP contribution in [0.15, 0.2) is 53.7 Å². The van der Waals surface area contributed by atoms with Gasteiger partial charge in [0.05, 0.1) is 5.71 Å². The molecule has 2 aromatic carbocycles. The molecular formula is C25H33NO4. The van der Waals surface area contributed by atoms with Crippen LogP contribution in [0.5, 0.6) is 17.2 Å². The van der Waals surface area contributed by atoms with Crippen LogP contribution in [0.25, 0.3) is 0 Å². The van der Waals surface area contributed by atoms with Crippen molar-refractivity contribution in [2.24, 2.45) is 5.16 Å². The number of aryl methyl sites for hydroxylation is 3. The molecule has 0 saturated heterocycles. The lowest BCUT2D eigenvalue weighted by atomic mass is 10.1. The fraction of sp³-hybridized carbons (Fsp3) is 0.400. The predicted octanol–water partition coefficient (Wildman–Crippen LogP) is 5.67. The third-order valence-electron chi connectivity index (χ3n) is 4.54. The Hall–Kier alpha value is -2.95. The van der Waals surface area contributed by atoms with Crippen LogP contribution in [0.3, 0.4) is 0 Å². The van der Waals surface area contributed by atoms with Crippen molar-refractivity contribution < 1.29 is 19.0 Å². The summed E-state index contributed by atoms with van der Waals surface area (Å²) in [6.07, 6.45) is 5.71. The van der Waals surface area contributed by atoms with E-state index < -0.39 is 0 Å².